The summed E-state index contributed by atoms with van der Waals surface area (Å²) >= 11 is 0. The van der Waals surface area contributed by atoms with Gasteiger partial charge in [0.2, 0.25) is 5.95 Å². The molecule has 7 nitrogen and oxygen atoms in total. The minimum Gasteiger partial charge on any atom is -0.492 e. The van der Waals surface area contributed by atoms with Gasteiger partial charge in [-0.3, -0.25) is 0 Å². The number of likely N-dealkylation sites (N-methyl/N-ethyl adjacent to an activating group) is 1. The van der Waals surface area contributed by atoms with Crippen molar-refractivity contribution in [2.75, 3.05) is 44.4 Å². The monoisotopic (exact) mass is 302 g/mol. The van der Waals surface area contributed by atoms with Crippen molar-refractivity contribution in [2.24, 2.45) is 0 Å². The Morgan fingerprint density at radius 1 is 1.23 bits per heavy atom. The molecule has 0 fully saturated rings. The highest BCUT2D eigenvalue weighted by atomic mass is 16.5. The topological polar surface area (TPSA) is 75.2 Å². The van der Waals surface area contributed by atoms with Crippen LogP contribution in [0.4, 0.5) is 17.5 Å². The molecule has 2 N–H and O–H groups in total. The van der Waals surface area contributed by atoms with E-state index in [9.17, 15) is 0 Å². The molecule has 2 aromatic rings. The van der Waals surface area contributed by atoms with Crippen molar-refractivity contribution in [3.05, 3.63) is 30.5 Å². The summed E-state index contributed by atoms with van der Waals surface area (Å²) in [7, 11) is 4.03. The van der Waals surface area contributed by atoms with Gasteiger partial charge in [0.1, 0.15) is 5.75 Å². The second-order valence-corrected chi connectivity index (χ2v) is 4.95. The Labute approximate surface area is 130 Å². The first-order valence-corrected chi connectivity index (χ1v) is 7.26. The van der Waals surface area contributed by atoms with Crippen molar-refractivity contribution < 1.29 is 4.74 Å². The van der Waals surface area contributed by atoms with E-state index in [1.807, 2.05) is 45.3 Å². The number of aromatic nitrogens is 3. The Morgan fingerprint density at radius 2 is 2.05 bits per heavy atom. The van der Waals surface area contributed by atoms with Gasteiger partial charge in [0.05, 0.1) is 18.5 Å². The summed E-state index contributed by atoms with van der Waals surface area (Å²) in [6.07, 6.45) is 1.58. The summed E-state index contributed by atoms with van der Waals surface area (Å²) in [6, 6.07) is 7.72. The summed E-state index contributed by atoms with van der Waals surface area (Å²) < 4.78 is 5.58. The molecule has 0 amide bonds. The van der Waals surface area contributed by atoms with Crippen molar-refractivity contribution in [2.45, 2.75) is 6.92 Å². The molecule has 0 saturated carbocycles. The van der Waals surface area contributed by atoms with Gasteiger partial charge in [0, 0.05) is 13.1 Å². The van der Waals surface area contributed by atoms with Crippen molar-refractivity contribution >= 4 is 17.5 Å². The van der Waals surface area contributed by atoms with Gasteiger partial charge in [0.15, 0.2) is 5.82 Å². The fourth-order valence-electron chi connectivity index (χ4n) is 1.82. The van der Waals surface area contributed by atoms with E-state index >= 15 is 0 Å². The fraction of sp³-hybridized carbons (Fsp3) is 0.400. The number of hydrogen-bond donors (Lipinski definition) is 2. The maximum Gasteiger partial charge on any atom is 0.244 e. The van der Waals surface area contributed by atoms with E-state index in [1.165, 1.54) is 0 Å². The molecule has 2 rings (SSSR count). The van der Waals surface area contributed by atoms with Crippen molar-refractivity contribution in [3.63, 3.8) is 0 Å². The highest BCUT2D eigenvalue weighted by Crippen LogP contribution is 2.26. The maximum atomic E-state index is 5.58. The number of nitrogens with one attached hydrogen (secondary N) is 2. The molecule has 0 saturated heterocycles. The van der Waals surface area contributed by atoms with Crippen LogP contribution in [0.3, 0.4) is 0 Å². The molecule has 0 radical (unpaired) electrons. The molecule has 118 valence electrons. The van der Waals surface area contributed by atoms with E-state index in [1.54, 1.807) is 6.20 Å². The second kappa shape index (κ2) is 8.14. The highest BCUT2D eigenvalue weighted by molar-refractivity contribution is 5.63. The highest BCUT2D eigenvalue weighted by Gasteiger charge is 2.05. The van der Waals surface area contributed by atoms with E-state index in [0.717, 1.165) is 24.5 Å². The van der Waals surface area contributed by atoms with E-state index in [4.69, 9.17) is 4.74 Å². The Morgan fingerprint density at radius 3 is 2.82 bits per heavy atom. The third-order valence-corrected chi connectivity index (χ3v) is 2.85. The minimum absolute atomic E-state index is 0.501. The van der Waals surface area contributed by atoms with Crippen LogP contribution in [0.5, 0.6) is 5.75 Å². The van der Waals surface area contributed by atoms with Crippen LogP contribution in [0.1, 0.15) is 6.92 Å². The largest absolute Gasteiger partial charge is 0.492 e. The molecule has 1 aromatic carbocycles. The van der Waals surface area contributed by atoms with Crippen LogP contribution < -0.4 is 15.4 Å². The zero-order valence-corrected chi connectivity index (χ0v) is 13.2. The fourth-order valence-corrected chi connectivity index (χ4v) is 1.82. The lowest BCUT2D eigenvalue weighted by Gasteiger charge is -2.12. The molecule has 0 aliphatic rings. The van der Waals surface area contributed by atoms with Crippen LogP contribution in [0.25, 0.3) is 0 Å². The standard InChI is InChI=1S/C15H22N6O/c1-4-22-13-8-6-5-7-12(13)18-14-11-17-20-15(19-14)16-9-10-21(2)3/h5-8,11H,4,9-10H2,1-3H3,(H2,16,18,19,20). The van der Waals surface area contributed by atoms with Gasteiger partial charge in [-0.25, -0.2) is 0 Å². The molecule has 1 heterocycles. The average molecular weight is 302 g/mol. The number of benzene rings is 1. The molecule has 0 aliphatic heterocycles. The SMILES string of the molecule is CCOc1ccccc1Nc1cnnc(NCCN(C)C)n1. The number of rotatable bonds is 8. The lowest BCUT2D eigenvalue weighted by Crippen LogP contribution is -2.21. The van der Waals surface area contributed by atoms with Gasteiger partial charge in [-0.15, -0.1) is 5.10 Å². The molecular weight excluding hydrogens is 280 g/mol. The number of para-hydroxylation sites is 2. The number of anilines is 3. The van der Waals surface area contributed by atoms with Crippen molar-refractivity contribution in [1.29, 1.82) is 0 Å². The van der Waals surface area contributed by atoms with Crippen LogP contribution in [-0.4, -0.2) is 53.9 Å². The molecule has 0 spiro atoms. The second-order valence-electron chi connectivity index (χ2n) is 4.95. The third kappa shape index (κ3) is 4.85. The van der Waals surface area contributed by atoms with Gasteiger partial charge < -0.3 is 20.3 Å². The summed E-state index contributed by atoms with van der Waals surface area (Å²) in [6.45, 7) is 4.22. The zero-order chi connectivity index (χ0) is 15.8. The average Bonchev–Trinajstić information content (AvgIpc) is 2.50. The summed E-state index contributed by atoms with van der Waals surface area (Å²) in [5, 5.41) is 14.3. The van der Waals surface area contributed by atoms with E-state index < -0.39 is 0 Å². The Hall–Kier alpha value is -2.41. The number of hydrogen-bond acceptors (Lipinski definition) is 7. The Kier molecular flexibility index (Phi) is 5.91. The first-order chi connectivity index (χ1) is 10.7. The minimum atomic E-state index is 0.501. The zero-order valence-electron chi connectivity index (χ0n) is 13.2. The molecule has 1 aromatic heterocycles. The van der Waals surface area contributed by atoms with E-state index in [2.05, 4.69) is 30.7 Å². The predicted octanol–water partition coefficient (Wildman–Crippen LogP) is 1.99. The number of nitrogens with zero attached hydrogens (tertiary/aromatic N) is 4. The molecule has 0 atom stereocenters. The first kappa shape index (κ1) is 16.0. The van der Waals surface area contributed by atoms with E-state index in [0.29, 0.717) is 18.4 Å². The van der Waals surface area contributed by atoms with Gasteiger partial charge in [0.25, 0.3) is 0 Å². The third-order valence-electron chi connectivity index (χ3n) is 2.85. The van der Waals surface area contributed by atoms with Gasteiger partial charge >= 0.3 is 0 Å². The molecular formula is C15H22N6O. The van der Waals surface area contributed by atoms with Gasteiger partial charge in [-0.05, 0) is 33.2 Å². The van der Waals surface area contributed by atoms with Gasteiger partial charge in [-0.1, -0.05) is 12.1 Å². The van der Waals surface area contributed by atoms with Crippen LogP contribution in [0, 0.1) is 0 Å². The normalized spacial score (nSPS) is 10.5. The summed E-state index contributed by atoms with van der Waals surface area (Å²) in [4.78, 5) is 6.48. The molecule has 0 aliphatic carbocycles. The first-order valence-electron chi connectivity index (χ1n) is 7.26. The van der Waals surface area contributed by atoms with Crippen LogP contribution in [0.2, 0.25) is 0 Å². The Bertz CT molecular complexity index is 590. The van der Waals surface area contributed by atoms with Crippen molar-refractivity contribution in [3.8, 4) is 5.75 Å². The van der Waals surface area contributed by atoms with E-state index in [-0.39, 0.29) is 0 Å². The van der Waals surface area contributed by atoms with Crippen LogP contribution >= 0.6 is 0 Å². The van der Waals surface area contributed by atoms with Gasteiger partial charge in [-0.2, -0.15) is 10.1 Å². The van der Waals surface area contributed by atoms with Crippen molar-refractivity contribution in [1.82, 2.24) is 20.1 Å². The number of ether oxygens (including phenoxy) is 1. The molecule has 22 heavy (non-hydrogen) atoms. The quantitative estimate of drug-likeness (QED) is 0.772. The molecule has 0 unspecified atom stereocenters. The summed E-state index contributed by atoms with van der Waals surface area (Å²) in [5.74, 6) is 1.90. The molecule has 7 heteroatoms. The summed E-state index contributed by atoms with van der Waals surface area (Å²) in [5.41, 5.74) is 0.851. The lowest BCUT2D eigenvalue weighted by molar-refractivity contribution is 0.342. The Balaban J connectivity index is 2.04. The maximum absolute atomic E-state index is 5.58. The smallest absolute Gasteiger partial charge is 0.244 e. The lowest BCUT2D eigenvalue weighted by atomic mass is 10.3. The van der Waals surface area contributed by atoms with Crippen LogP contribution in [0.15, 0.2) is 30.5 Å². The molecule has 0 bridgehead atoms. The van der Waals surface area contributed by atoms with Crippen LogP contribution in [-0.2, 0) is 0 Å². The predicted molar refractivity (Wildman–Crippen MR) is 87.8 cm³/mol.